The summed E-state index contributed by atoms with van der Waals surface area (Å²) >= 11 is 5.81. The minimum absolute atomic E-state index is 0.192. The largest absolute Gasteiger partial charge is 0.391 e. The molecule has 0 radical (unpaired) electrons. The van der Waals surface area contributed by atoms with E-state index in [4.69, 9.17) is 17.3 Å². The molecule has 2 unspecified atom stereocenters. The summed E-state index contributed by atoms with van der Waals surface area (Å²) in [5.41, 5.74) is 5.83. The van der Waals surface area contributed by atoms with Gasteiger partial charge in [0, 0.05) is 6.20 Å². The molecular weight excluding hydrogens is 254 g/mol. The minimum Gasteiger partial charge on any atom is -0.391 e. The number of pyridine rings is 1. The summed E-state index contributed by atoms with van der Waals surface area (Å²) in [5, 5.41) is 12.8. The lowest BCUT2D eigenvalue weighted by molar-refractivity contribution is 0.0717. The first kappa shape index (κ1) is 13.1. The molecule has 1 fully saturated rings. The van der Waals surface area contributed by atoms with Gasteiger partial charge in [-0.3, -0.25) is 4.79 Å². The highest BCUT2D eigenvalue weighted by atomic mass is 35.5. The maximum absolute atomic E-state index is 12.0. The molecule has 1 aliphatic rings. The van der Waals surface area contributed by atoms with Crippen LogP contribution in [0.2, 0.25) is 5.02 Å². The third kappa shape index (κ3) is 2.91. The maximum Gasteiger partial charge on any atom is 0.253 e. The first-order chi connectivity index (χ1) is 8.58. The van der Waals surface area contributed by atoms with Crippen LogP contribution in [0, 0.1) is 0 Å². The molecule has 0 aromatic carbocycles. The monoisotopic (exact) mass is 269 g/mol. The number of amides is 1. The number of carbonyl (C=O) groups excluding carboxylic acids is 1. The van der Waals surface area contributed by atoms with Gasteiger partial charge in [-0.2, -0.15) is 0 Å². The number of aromatic nitrogens is 1. The number of aliphatic hydroxyl groups excluding tert-OH is 1. The normalized spacial score (nSPS) is 23.7. The van der Waals surface area contributed by atoms with Gasteiger partial charge in [0.15, 0.2) is 0 Å². The molecule has 1 aromatic heterocycles. The molecule has 2 atom stereocenters. The van der Waals surface area contributed by atoms with Crippen LogP contribution in [-0.4, -0.2) is 28.1 Å². The molecule has 1 heterocycles. The third-order valence-corrected chi connectivity index (χ3v) is 3.48. The van der Waals surface area contributed by atoms with Crippen molar-refractivity contribution in [2.75, 3.05) is 5.73 Å². The van der Waals surface area contributed by atoms with Crippen molar-refractivity contribution in [2.45, 2.75) is 37.8 Å². The van der Waals surface area contributed by atoms with Crippen LogP contribution in [0.4, 0.5) is 5.82 Å². The molecule has 1 aromatic rings. The number of halogens is 1. The number of hydrogen-bond donors (Lipinski definition) is 3. The van der Waals surface area contributed by atoms with Gasteiger partial charge in [-0.25, -0.2) is 4.98 Å². The van der Waals surface area contributed by atoms with Crippen molar-refractivity contribution in [3.05, 3.63) is 22.8 Å². The van der Waals surface area contributed by atoms with Crippen LogP contribution >= 0.6 is 11.6 Å². The number of nitrogens with two attached hydrogens (primary N) is 1. The van der Waals surface area contributed by atoms with E-state index in [2.05, 4.69) is 10.3 Å². The fraction of sp³-hybridized carbons (Fsp3) is 0.500. The van der Waals surface area contributed by atoms with Crippen molar-refractivity contribution in [3.8, 4) is 0 Å². The Morgan fingerprint density at radius 3 is 2.89 bits per heavy atom. The zero-order chi connectivity index (χ0) is 13.1. The summed E-state index contributed by atoms with van der Waals surface area (Å²) in [5.74, 6) is -0.0822. The number of anilines is 1. The first-order valence-corrected chi connectivity index (χ1v) is 6.35. The first-order valence-electron chi connectivity index (χ1n) is 5.98. The molecular formula is C12H16ClN3O2. The topological polar surface area (TPSA) is 88.2 Å². The highest BCUT2D eigenvalue weighted by Crippen LogP contribution is 2.20. The summed E-state index contributed by atoms with van der Waals surface area (Å²) in [6.07, 6.45) is 4.45. The second-order valence-electron chi connectivity index (χ2n) is 4.52. The lowest BCUT2D eigenvalue weighted by Gasteiger charge is -2.28. The molecule has 98 valence electrons. The number of nitrogen functional groups attached to an aromatic ring is 1. The number of nitrogens with one attached hydrogen (secondary N) is 1. The van der Waals surface area contributed by atoms with E-state index < -0.39 is 6.10 Å². The molecule has 0 aliphatic heterocycles. The summed E-state index contributed by atoms with van der Waals surface area (Å²) in [6, 6.07) is 1.29. The average Bonchev–Trinajstić information content (AvgIpc) is 2.35. The highest BCUT2D eigenvalue weighted by Gasteiger charge is 2.25. The predicted octanol–water partition coefficient (Wildman–Crippen LogP) is 1.35. The van der Waals surface area contributed by atoms with Gasteiger partial charge in [0.05, 0.1) is 22.7 Å². The number of hydrogen-bond acceptors (Lipinski definition) is 4. The molecule has 0 saturated heterocycles. The van der Waals surface area contributed by atoms with Gasteiger partial charge in [0.2, 0.25) is 0 Å². The van der Waals surface area contributed by atoms with Gasteiger partial charge in [0.25, 0.3) is 5.91 Å². The van der Waals surface area contributed by atoms with Crippen LogP contribution in [0.25, 0.3) is 0 Å². The van der Waals surface area contributed by atoms with Crippen molar-refractivity contribution in [1.29, 1.82) is 0 Å². The summed E-state index contributed by atoms with van der Waals surface area (Å²) in [4.78, 5) is 15.8. The Labute approximate surface area is 110 Å². The molecule has 4 N–H and O–H groups in total. The number of nitrogens with zero attached hydrogens (tertiary/aromatic N) is 1. The number of aliphatic hydroxyl groups is 1. The molecule has 6 heteroatoms. The molecule has 1 amide bonds. The van der Waals surface area contributed by atoms with Crippen molar-refractivity contribution in [2.24, 2.45) is 0 Å². The second-order valence-corrected chi connectivity index (χ2v) is 4.93. The van der Waals surface area contributed by atoms with Gasteiger partial charge in [-0.05, 0) is 18.9 Å². The van der Waals surface area contributed by atoms with E-state index in [0.29, 0.717) is 5.56 Å². The van der Waals surface area contributed by atoms with Gasteiger partial charge in [-0.1, -0.05) is 24.4 Å². The molecule has 0 bridgehead atoms. The fourth-order valence-electron chi connectivity index (χ4n) is 2.10. The van der Waals surface area contributed by atoms with E-state index in [-0.39, 0.29) is 22.8 Å². The van der Waals surface area contributed by atoms with E-state index in [1.807, 2.05) is 0 Å². The van der Waals surface area contributed by atoms with Gasteiger partial charge in [-0.15, -0.1) is 0 Å². The Hall–Kier alpha value is -1.33. The zero-order valence-electron chi connectivity index (χ0n) is 9.90. The minimum atomic E-state index is -0.472. The summed E-state index contributed by atoms with van der Waals surface area (Å²) < 4.78 is 0. The molecule has 18 heavy (non-hydrogen) atoms. The number of carbonyl (C=O) groups is 1. The predicted molar refractivity (Wildman–Crippen MR) is 69.4 cm³/mol. The lowest BCUT2D eigenvalue weighted by Crippen LogP contribution is -2.45. The Kier molecular flexibility index (Phi) is 4.04. The van der Waals surface area contributed by atoms with Crippen molar-refractivity contribution in [3.63, 3.8) is 0 Å². The van der Waals surface area contributed by atoms with E-state index >= 15 is 0 Å². The smallest absolute Gasteiger partial charge is 0.253 e. The van der Waals surface area contributed by atoms with Crippen LogP contribution < -0.4 is 11.1 Å². The van der Waals surface area contributed by atoms with Crippen molar-refractivity contribution < 1.29 is 9.90 Å². The van der Waals surface area contributed by atoms with E-state index in [0.717, 1.165) is 25.7 Å². The Bertz CT molecular complexity index is 453. The maximum atomic E-state index is 12.0. The molecule has 2 rings (SSSR count). The third-order valence-electron chi connectivity index (χ3n) is 3.18. The summed E-state index contributed by atoms with van der Waals surface area (Å²) in [7, 11) is 0. The zero-order valence-corrected chi connectivity index (χ0v) is 10.7. The van der Waals surface area contributed by atoms with E-state index in [1.165, 1.54) is 12.3 Å². The quantitative estimate of drug-likeness (QED) is 0.756. The van der Waals surface area contributed by atoms with Crippen molar-refractivity contribution >= 4 is 23.3 Å². The Balaban J connectivity index is 2.04. The van der Waals surface area contributed by atoms with Crippen LogP contribution in [0.1, 0.15) is 36.0 Å². The lowest BCUT2D eigenvalue weighted by atomic mass is 9.92. The molecule has 5 nitrogen and oxygen atoms in total. The van der Waals surface area contributed by atoms with Gasteiger partial charge >= 0.3 is 0 Å². The SMILES string of the molecule is Nc1ncc(C(=O)NC2CCCCC2O)cc1Cl. The molecule has 0 spiro atoms. The highest BCUT2D eigenvalue weighted by molar-refractivity contribution is 6.33. The molecule has 1 aliphatic carbocycles. The van der Waals surface area contributed by atoms with Gasteiger partial charge < -0.3 is 16.2 Å². The average molecular weight is 270 g/mol. The fourth-order valence-corrected chi connectivity index (χ4v) is 2.27. The summed E-state index contributed by atoms with van der Waals surface area (Å²) in [6.45, 7) is 0. The second kappa shape index (κ2) is 5.54. The van der Waals surface area contributed by atoms with E-state index in [1.54, 1.807) is 0 Å². The number of rotatable bonds is 2. The van der Waals surface area contributed by atoms with E-state index in [9.17, 15) is 9.90 Å². The van der Waals surface area contributed by atoms with Crippen LogP contribution in [0.3, 0.4) is 0 Å². The molecule has 1 saturated carbocycles. The van der Waals surface area contributed by atoms with Crippen LogP contribution in [0.15, 0.2) is 12.3 Å². The van der Waals surface area contributed by atoms with Crippen molar-refractivity contribution in [1.82, 2.24) is 10.3 Å². The van der Waals surface area contributed by atoms with Gasteiger partial charge in [0.1, 0.15) is 5.82 Å². The standard InChI is InChI=1S/C12H16ClN3O2/c13-8-5-7(6-15-11(8)14)12(18)16-9-3-1-2-4-10(9)17/h5-6,9-10,17H,1-4H2,(H2,14,15)(H,16,18). The Morgan fingerprint density at radius 2 is 2.22 bits per heavy atom. The Morgan fingerprint density at radius 1 is 1.50 bits per heavy atom. The van der Waals surface area contributed by atoms with Crippen LogP contribution in [-0.2, 0) is 0 Å². The van der Waals surface area contributed by atoms with Crippen LogP contribution in [0.5, 0.6) is 0 Å².